The van der Waals surface area contributed by atoms with Gasteiger partial charge < -0.3 is 5.73 Å². The number of carbonyl (C=O) groups is 1. The number of benzene rings is 1. The van der Waals surface area contributed by atoms with Gasteiger partial charge in [-0.2, -0.15) is 0 Å². The minimum Gasteiger partial charge on any atom is -0.365 e. The fraction of sp³-hybridized carbons (Fsp3) is 0.222. The highest BCUT2D eigenvalue weighted by atomic mass is 32.2. The van der Waals surface area contributed by atoms with Crippen LogP contribution in [0.3, 0.4) is 0 Å². The summed E-state index contributed by atoms with van der Waals surface area (Å²) >= 11 is 0.967. The first-order valence-corrected chi connectivity index (χ1v) is 11.2. The van der Waals surface area contributed by atoms with Crippen LogP contribution < -0.4 is 11.3 Å². The summed E-state index contributed by atoms with van der Waals surface area (Å²) in [4.78, 5) is 25.7. The van der Waals surface area contributed by atoms with Crippen molar-refractivity contribution in [2.24, 2.45) is 5.73 Å². The third-order valence-corrected chi connectivity index (χ3v) is 7.59. The second-order valence-electron chi connectivity index (χ2n) is 6.50. The van der Waals surface area contributed by atoms with Crippen molar-refractivity contribution in [3.05, 3.63) is 56.7 Å². The molecule has 29 heavy (non-hydrogen) atoms. The van der Waals surface area contributed by atoms with Crippen molar-refractivity contribution in [3.8, 4) is 0 Å². The zero-order valence-electron chi connectivity index (χ0n) is 15.6. The maximum Gasteiger partial charge on any atom is 0.264 e. The summed E-state index contributed by atoms with van der Waals surface area (Å²) in [5.41, 5.74) is 6.33. The van der Waals surface area contributed by atoms with Crippen LogP contribution in [0, 0.1) is 6.92 Å². The Balaban J connectivity index is 2.18. The number of nitrogens with two attached hydrogens (primary N) is 1. The SMILES string of the molecule is CCS(=O)(=O)c1nnc2n(Cc3ccccc3)c(=O)c3c(C)c(C(N)=O)sc3n12. The zero-order chi connectivity index (χ0) is 20.9. The van der Waals surface area contributed by atoms with E-state index in [0.29, 0.717) is 5.56 Å². The molecule has 4 rings (SSSR count). The third kappa shape index (κ3) is 2.93. The van der Waals surface area contributed by atoms with E-state index in [1.807, 2.05) is 30.3 Å². The van der Waals surface area contributed by atoms with Crippen LogP contribution in [0.5, 0.6) is 0 Å². The van der Waals surface area contributed by atoms with Gasteiger partial charge in [0.1, 0.15) is 4.83 Å². The van der Waals surface area contributed by atoms with Gasteiger partial charge in [-0.1, -0.05) is 37.3 Å². The van der Waals surface area contributed by atoms with Crippen LogP contribution in [0.4, 0.5) is 0 Å². The van der Waals surface area contributed by atoms with Crippen molar-refractivity contribution in [2.75, 3.05) is 5.75 Å². The van der Waals surface area contributed by atoms with Gasteiger partial charge in [0.05, 0.1) is 22.6 Å². The Bertz CT molecular complexity index is 1430. The first-order valence-electron chi connectivity index (χ1n) is 8.73. The second kappa shape index (κ2) is 6.78. The molecule has 9 nitrogen and oxygen atoms in total. The summed E-state index contributed by atoms with van der Waals surface area (Å²) in [7, 11) is -3.73. The molecule has 0 spiro atoms. The number of thiophene rings is 1. The van der Waals surface area contributed by atoms with Crippen LogP contribution in [0.25, 0.3) is 16.0 Å². The van der Waals surface area contributed by atoms with E-state index in [1.165, 1.54) is 15.9 Å². The van der Waals surface area contributed by atoms with Gasteiger partial charge in [0.25, 0.3) is 16.6 Å². The number of amides is 1. The Morgan fingerprint density at radius 2 is 1.90 bits per heavy atom. The largest absolute Gasteiger partial charge is 0.365 e. The van der Waals surface area contributed by atoms with E-state index in [9.17, 15) is 18.0 Å². The number of carbonyl (C=O) groups excluding carboxylic acids is 1. The summed E-state index contributed by atoms with van der Waals surface area (Å²) in [6, 6.07) is 9.24. The quantitative estimate of drug-likeness (QED) is 0.508. The van der Waals surface area contributed by atoms with E-state index in [-0.39, 0.29) is 43.9 Å². The maximum absolute atomic E-state index is 13.3. The number of nitrogens with zero attached hydrogens (tertiary/aromatic N) is 4. The van der Waals surface area contributed by atoms with Gasteiger partial charge in [0, 0.05) is 0 Å². The summed E-state index contributed by atoms with van der Waals surface area (Å²) in [6.45, 7) is 3.30. The Morgan fingerprint density at radius 1 is 1.21 bits per heavy atom. The van der Waals surface area contributed by atoms with Crippen molar-refractivity contribution in [3.63, 3.8) is 0 Å². The fourth-order valence-electron chi connectivity index (χ4n) is 3.22. The monoisotopic (exact) mass is 431 g/mol. The average molecular weight is 431 g/mol. The first kappa shape index (κ1) is 19.3. The Kier molecular flexibility index (Phi) is 4.50. The van der Waals surface area contributed by atoms with E-state index < -0.39 is 15.7 Å². The van der Waals surface area contributed by atoms with Gasteiger partial charge in [-0.05, 0) is 18.1 Å². The topological polar surface area (TPSA) is 129 Å². The molecule has 0 saturated heterocycles. The van der Waals surface area contributed by atoms with Crippen LogP contribution in [0.1, 0.15) is 27.7 Å². The molecular formula is C18H17N5O4S2. The number of fused-ring (bicyclic) bond motifs is 3. The number of aromatic nitrogens is 4. The van der Waals surface area contributed by atoms with Crippen molar-refractivity contribution in [2.45, 2.75) is 25.5 Å². The van der Waals surface area contributed by atoms with Crippen LogP contribution in [0.2, 0.25) is 0 Å². The lowest BCUT2D eigenvalue weighted by Crippen LogP contribution is -2.24. The second-order valence-corrected chi connectivity index (χ2v) is 9.67. The van der Waals surface area contributed by atoms with Crippen LogP contribution in [0.15, 0.2) is 40.3 Å². The Labute approximate surface area is 169 Å². The van der Waals surface area contributed by atoms with Crippen molar-refractivity contribution >= 4 is 43.1 Å². The number of primary amides is 1. The smallest absolute Gasteiger partial charge is 0.264 e. The summed E-state index contributed by atoms with van der Waals surface area (Å²) in [5, 5.41) is 7.85. The molecule has 0 fully saturated rings. The lowest BCUT2D eigenvalue weighted by Gasteiger charge is -2.10. The fourth-order valence-corrected chi connectivity index (χ4v) is 5.31. The highest BCUT2D eigenvalue weighted by Crippen LogP contribution is 2.30. The third-order valence-electron chi connectivity index (χ3n) is 4.71. The van der Waals surface area contributed by atoms with Crippen molar-refractivity contribution in [1.29, 1.82) is 0 Å². The molecule has 0 bridgehead atoms. The molecule has 2 N–H and O–H groups in total. The molecule has 0 aliphatic heterocycles. The molecule has 0 saturated carbocycles. The molecule has 1 aromatic carbocycles. The van der Waals surface area contributed by atoms with E-state index in [2.05, 4.69) is 10.2 Å². The molecule has 150 valence electrons. The van der Waals surface area contributed by atoms with Gasteiger partial charge in [-0.15, -0.1) is 21.5 Å². The Hall–Kier alpha value is -3.05. The van der Waals surface area contributed by atoms with Crippen LogP contribution in [-0.2, 0) is 16.4 Å². The van der Waals surface area contributed by atoms with E-state index in [1.54, 1.807) is 6.92 Å². The summed E-state index contributed by atoms with van der Waals surface area (Å²) in [5.74, 6) is -0.769. The Morgan fingerprint density at radius 3 is 2.52 bits per heavy atom. The lowest BCUT2D eigenvalue weighted by molar-refractivity contribution is 0.100. The normalized spacial score (nSPS) is 12.1. The highest BCUT2D eigenvalue weighted by molar-refractivity contribution is 7.91. The number of hydrogen-bond acceptors (Lipinski definition) is 7. The van der Waals surface area contributed by atoms with Crippen LogP contribution >= 0.6 is 11.3 Å². The molecule has 0 radical (unpaired) electrons. The number of sulfone groups is 1. The standard InChI is InChI=1S/C18H17N5O4S2/c1-3-29(26,27)18-21-20-17-22(9-11-7-5-4-6-8-11)15(25)12-10(2)13(14(19)24)28-16(12)23(17)18/h4-8H,3,9H2,1-2H3,(H2,19,24). The van der Waals surface area contributed by atoms with E-state index in [4.69, 9.17) is 5.73 Å². The molecule has 0 aliphatic carbocycles. The lowest BCUT2D eigenvalue weighted by atomic mass is 10.2. The van der Waals surface area contributed by atoms with Gasteiger partial charge in [0.15, 0.2) is 0 Å². The van der Waals surface area contributed by atoms with E-state index >= 15 is 0 Å². The summed E-state index contributed by atoms with van der Waals surface area (Å²) in [6.07, 6.45) is 0. The highest BCUT2D eigenvalue weighted by Gasteiger charge is 2.27. The van der Waals surface area contributed by atoms with Crippen molar-refractivity contribution < 1.29 is 13.2 Å². The van der Waals surface area contributed by atoms with E-state index in [0.717, 1.165) is 16.9 Å². The number of hydrogen-bond donors (Lipinski definition) is 1. The molecule has 4 aromatic rings. The predicted octanol–water partition coefficient (Wildman–Crippen LogP) is 1.35. The molecule has 0 unspecified atom stereocenters. The zero-order valence-corrected chi connectivity index (χ0v) is 17.2. The number of rotatable bonds is 5. The van der Waals surface area contributed by atoms with Crippen LogP contribution in [-0.4, -0.2) is 39.2 Å². The molecular weight excluding hydrogens is 414 g/mol. The first-order chi connectivity index (χ1) is 13.8. The molecule has 11 heteroatoms. The molecule has 0 atom stereocenters. The predicted molar refractivity (Wildman–Crippen MR) is 109 cm³/mol. The molecule has 1 amide bonds. The number of aryl methyl sites for hydroxylation is 1. The minimum atomic E-state index is -3.73. The van der Waals surface area contributed by atoms with Gasteiger partial charge in [0.2, 0.25) is 15.6 Å². The van der Waals surface area contributed by atoms with Gasteiger partial charge >= 0.3 is 0 Å². The van der Waals surface area contributed by atoms with Gasteiger partial charge in [-0.25, -0.2) is 12.8 Å². The maximum atomic E-state index is 13.3. The van der Waals surface area contributed by atoms with Gasteiger partial charge in [-0.3, -0.25) is 14.2 Å². The molecule has 3 heterocycles. The minimum absolute atomic E-state index is 0.0932. The molecule has 0 aliphatic rings. The van der Waals surface area contributed by atoms with Crippen molar-refractivity contribution in [1.82, 2.24) is 19.2 Å². The average Bonchev–Trinajstić information content (AvgIpc) is 3.28. The molecule has 3 aromatic heterocycles. The summed E-state index contributed by atoms with van der Waals surface area (Å²) < 4.78 is 27.9.